The van der Waals surface area contributed by atoms with E-state index in [0.717, 1.165) is 16.7 Å². The molecule has 1 aromatic rings. The van der Waals surface area contributed by atoms with Gasteiger partial charge < -0.3 is 14.2 Å². The van der Waals surface area contributed by atoms with Gasteiger partial charge in [-0.3, -0.25) is 4.79 Å². The lowest BCUT2D eigenvalue weighted by atomic mass is 9.78. The lowest BCUT2D eigenvalue weighted by molar-refractivity contribution is -0.109. The zero-order chi connectivity index (χ0) is 18.8. The smallest absolute Gasteiger partial charge is 0.400 e. The molecule has 0 amide bonds. The summed E-state index contributed by atoms with van der Waals surface area (Å²) >= 11 is 1.28. The number of nitrogens with zero attached hydrogens (tertiary/aromatic N) is 1. The fourth-order valence-corrected chi connectivity index (χ4v) is 3.05. The molecule has 1 aliphatic heterocycles. The fraction of sp³-hybridized carbons (Fsp3) is 0.526. The zero-order valence-electron chi connectivity index (χ0n) is 16.3. The monoisotopic (exact) mass is 361 g/mol. The van der Waals surface area contributed by atoms with Gasteiger partial charge in [-0.25, -0.2) is 0 Å². The molecule has 2 rings (SSSR count). The van der Waals surface area contributed by atoms with Crippen LogP contribution in [0.15, 0.2) is 29.7 Å². The Morgan fingerprint density at radius 2 is 1.80 bits per heavy atom. The summed E-state index contributed by atoms with van der Waals surface area (Å²) in [6, 6.07) is 8.26. The first kappa shape index (κ1) is 20.1. The van der Waals surface area contributed by atoms with Crippen molar-refractivity contribution in [2.45, 2.75) is 45.8 Å². The average Bonchev–Trinajstić information content (AvgIpc) is 2.71. The Bertz CT molecular complexity index is 654. The number of carbonyl (C=O) groups is 1. The predicted octanol–water partition coefficient (Wildman–Crippen LogP) is 4.05. The molecule has 1 aliphatic rings. The van der Waals surface area contributed by atoms with Crippen LogP contribution in [0.25, 0.3) is 6.08 Å². The van der Waals surface area contributed by atoms with E-state index in [1.54, 1.807) is 6.92 Å². The van der Waals surface area contributed by atoms with Crippen LogP contribution in [0, 0.1) is 0 Å². The largest absolute Gasteiger partial charge is 0.491 e. The third kappa shape index (κ3) is 4.90. The molecule has 1 fully saturated rings. The molecule has 0 spiro atoms. The van der Waals surface area contributed by atoms with Crippen molar-refractivity contribution in [3.05, 3.63) is 35.3 Å². The van der Waals surface area contributed by atoms with Crippen molar-refractivity contribution >= 4 is 35.8 Å². The van der Waals surface area contributed by atoms with Gasteiger partial charge >= 0.3 is 7.12 Å². The fourth-order valence-electron chi connectivity index (χ4n) is 2.46. The molecule has 1 aromatic carbocycles. The molecule has 1 heterocycles. The quantitative estimate of drug-likeness (QED) is 0.740. The van der Waals surface area contributed by atoms with Gasteiger partial charge in [0.15, 0.2) is 5.12 Å². The van der Waals surface area contributed by atoms with Crippen LogP contribution >= 0.6 is 11.8 Å². The van der Waals surface area contributed by atoms with Gasteiger partial charge in [-0.1, -0.05) is 30.0 Å². The van der Waals surface area contributed by atoms with Crippen molar-refractivity contribution in [2.24, 2.45) is 0 Å². The van der Waals surface area contributed by atoms with Gasteiger partial charge in [-0.05, 0) is 50.9 Å². The molecule has 0 saturated carbocycles. The van der Waals surface area contributed by atoms with Crippen LogP contribution in [-0.4, -0.2) is 43.3 Å². The van der Waals surface area contributed by atoms with Crippen LogP contribution in [0.4, 0.5) is 5.69 Å². The summed E-state index contributed by atoms with van der Waals surface area (Å²) in [5, 5.41) is 0.0875. The number of thioether (sulfide) groups is 1. The lowest BCUT2D eigenvalue weighted by Crippen LogP contribution is -2.41. The van der Waals surface area contributed by atoms with Crippen LogP contribution in [0.5, 0.6) is 0 Å². The summed E-state index contributed by atoms with van der Waals surface area (Å²) in [4.78, 5) is 13.5. The highest BCUT2D eigenvalue weighted by molar-refractivity contribution is 8.13. The molecule has 136 valence electrons. The third-order valence-corrected chi connectivity index (χ3v) is 5.62. The molecule has 0 radical (unpaired) electrons. The second-order valence-electron chi connectivity index (χ2n) is 7.58. The second kappa shape index (κ2) is 7.56. The molecule has 0 N–H and O–H groups in total. The van der Waals surface area contributed by atoms with E-state index < -0.39 is 18.3 Å². The first-order valence-electron chi connectivity index (χ1n) is 8.49. The van der Waals surface area contributed by atoms with Crippen molar-refractivity contribution in [1.82, 2.24) is 0 Å². The Morgan fingerprint density at radius 3 is 2.32 bits per heavy atom. The maximum absolute atomic E-state index is 11.5. The van der Waals surface area contributed by atoms with Gasteiger partial charge in [0.2, 0.25) is 0 Å². The molecule has 6 heteroatoms. The molecule has 0 unspecified atom stereocenters. The van der Waals surface area contributed by atoms with E-state index >= 15 is 0 Å². The molecule has 0 atom stereocenters. The van der Waals surface area contributed by atoms with E-state index in [1.807, 2.05) is 47.9 Å². The van der Waals surface area contributed by atoms with Gasteiger partial charge in [0.1, 0.15) is 0 Å². The Kier molecular flexibility index (Phi) is 6.07. The molecule has 0 aliphatic carbocycles. The summed E-state index contributed by atoms with van der Waals surface area (Å²) in [7, 11) is 3.59. The molecular weight excluding hydrogens is 333 g/mol. The molecule has 0 bridgehead atoms. The highest BCUT2D eigenvalue weighted by atomic mass is 32.2. The zero-order valence-corrected chi connectivity index (χ0v) is 17.1. The second-order valence-corrected chi connectivity index (χ2v) is 8.73. The Balaban J connectivity index is 2.33. The summed E-state index contributed by atoms with van der Waals surface area (Å²) in [5.41, 5.74) is 2.36. The highest BCUT2D eigenvalue weighted by Crippen LogP contribution is 2.39. The van der Waals surface area contributed by atoms with E-state index in [2.05, 4.69) is 29.2 Å². The minimum absolute atomic E-state index is 0.0875. The third-order valence-electron chi connectivity index (χ3n) is 4.74. The average molecular weight is 361 g/mol. The van der Waals surface area contributed by atoms with Crippen molar-refractivity contribution in [3.8, 4) is 0 Å². The molecule has 25 heavy (non-hydrogen) atoms. The van der Waals surface area contributed by atoms with Gasteiger partial charge in [0, 0.05) is 32.5 Å². The topological polar surface area (TPSA) is 38.8 Å². The van der Waals surface area contributed by atoms with Crippen LogP contribution in [0.2, 0.25) is 0 Å². The number of benzene rings is 1. The standard InChI is InChI=1S/C19H28BNO3S/c1-14(22)25-13-16(20-23-18(2,3)19(4,5)24-20)11-15-9-8-10-17(12-15)21(6)7/h8-12H,13H2,1-7H3. The summed E-state index contributed by atoms with van der Waals surface area (Å²) in [6.07, 6.45) is 2.07. The summed E-state index contributed by atoms with van der Waals surface area (Å²) < 4.78 is 12.4. The van der Waals surface area contributed by atoms with E-state index in [9.17, 15) is 4.79 Å². The van der Waals surface area contributed by atoms with Crippen LogP contribution < -0.4 is 4.90 Å². The van der Waals surface area contributed by atoms with Crippen molar-refractivity contribution in [3.63, 3.8) is 0 Å². The Hall–Kier alpha value is -1.24. The Morgan fingerprint density at radius 1 is 1.20 bits per heavy atom. The number of carbonyl (C=O) groups excluding carboxylic acids is 1. The van der Waals surface area contributed by atoms with Gasteiger partial charge in [0.25, 0.3) is 0 Å². The summed E-state index contributed by atoms with van der Waals surface area (Å²) in [5.74, 6) is 0.554. The van der Waals surface area contributed by atoms with Crippen molar-refractivity contribution in [2.75, 3.05) is 24.7 Å². The van der Waals surface area contributed by atoms with E-state index in [-0.39, 0.29) is 5.12 Å². The van der Waals surface area contributed by atoms with Crippen LogP contribution in [-0.2, 0) is 14.1 Å². The molecule has 1 saturated heterocycles. The Labute approximate surface area is 156 Å². The molecule has 0 aromatic heterocycles. The van der Waals surface area contributed by atoms with Crippen molar-refractivity contribution < 1.29 is 14.1 Å². The summed E-state index contributed by atoms with van der Waals surface area (Å²) in [6.45, 7) is 9.73. The SMILES string of the molecule is CC(=O)SCC(=Cc1cccc(N(C)C)c1)B1OC(C)(C)C(C)(C)O1. The van der Waals surface area contributed by atoms with Crippen LogP contribution in [0.1, 0.15) is 40.2 Å². The highest BCUT2D eigenvalue weighted by Gasteiger charge is 2.52. The van der Waals surface area contributed by atoms with E-state index in [1.165, 1.54) is 11.8 Å². The number of hydrogen-bond donors (Lipinski definition) is 0. The molecule has 4 nitrogen and oxygen atoms in total. The molecular formula is C19H28BNO3S. The minimum Gasteiger partial charge on any atom is -0.400 e. The van der Waals surface area contributed by atoms with Gasteiger partial charge in [-0.2, -0.15) is 0 Å². The van der Waals surface area contributed by atoms with Gasteiger partial charge in [0.05, 0.1) is 11.2 Å². The van der Waals surface area contributed by atoms with E-state index in [4.69, 9.17) is 9.31 Å². The lowest BCUT2D eigenvalue weighted by Gasteiger charge is -2.32. The first-order chi connectivity index (χ1) is 11.5. The maximum Gasteiger partial charge on any atom is 0.491 e. The first-order valence-corrected chi connectivity index (χ1v) is 9.47. The predicted molar refractivity (Wildman–Crippen MR) is 108 cm³/mol. The normalized spacial score (nSPS) is 19.2. The van der Waals surface area contributed by atoms with E-state index in [0.29, 0.717) is 5.75 Å². The minimum atomic E-state index is -0.445. The number of rotatable bonds is 5. The number of hydrogen-bond acceptors (Lipinski definition) is 5. The number of anilines is 1. The van der Waals surface area contributed by atoms with Crippen molar-refractivity contribution in [1.29, 1.82) is 0 Å². The maximum atomic E-state index is 11.5. The van der Waals surface area contributed by atoms with Crippen LogP contribution in [0.3, 0.4) is 0 Å². The van der Waals surface area contributed by atoms with Gasteiger partial charge in [-0.15, -0.1) is 0 Å².